The average molecular weight is 316 g/mol. The van der Waals surface area contributed by atoms with Crippen LogP contribution in [0.3, 0.4) is 0 Å². The third kappa shape index (κ3) is 5.23. The lowest BCUT2D eigenvalue weighted by molar-refractivity contribution is -0.143. The molecule has 0 aliphatic carbocycles. The van der Waals surface area contributed by atoms with Gasteiger partial charge in [-0.15, -0.1) is 0 Å². The van der Waals surface area contributed by atoms with E-state index < -0.39 is 5.97 Å². The van der Waals surface area contributed by atoms with Crippen molar-refractivity contribution in [3.63, 3.8) is 0 Å². The Morgan fingerprint density at radius 2 is 1.80 bits per heavy atom. The number of carbonyl (C=O) groups is 2. The molecule has 0 aromatic heterocycles. The largest absolute Gasteiger partial charge is 0.480 e. The van der Waals surface area contributed by atoms with Crippen molar-refractivity contribution >= 4 is 41.2 Å². The zero-order valence-electron chi connectivity index (χ0n) is 11.1. The van der Waals surface area contributed by atoms with Crippen LogP contribution in [-0.2, 0) is 9.59 Å². The molecule has 0 radical (unpaired) electrons. The van der Waals surface area contributed by atoms with Crippen molar-refractivity contribution in [2.24, 2.45) is 0 Å². The number of amides is 1. The van der Waals surface area contributed by atoms with Crippen LogP contribution in [0.1, 0.15) is 19.4 Å². The number of nitrogens with zero attached hydrogens (tertiary/aromatic N) is 1. The summed E-state index contributed by atoms with van der Waals surface area (Å²) in [4.78, 5) is 24.0. The summed E-state index contributed by atoms with van der Waals surface area (Å²) < 4.78 is 0. The number of carboxylic acids is 1. The molecule has 1 rings (SSSR count). The van der Waals surface area contributed by atoms with Crippen molar-refractivity contribution in [2.75, 3.05) is 6.54 Å². The van der Waals surface area contributed by atoms with E-state index in [-0.39, 0.29) is 18.5 Å². The van der Waals surface area contributed by atoms with Gasteiger partial charge >= 0.3 is 5.97 Å². The van der Waals surface area contributed by atoms with Gasteiger partial charge in [0.25, 0.3) is 0 Å². The third-order valence-electron chi connectivity index (χ3n) is 2.52. The Balaban J connectivity index is 2.86. The standard InChI is InChI=1S/C14H15Cl2NO3/c1-9(2)17(8-14(19)20)13(18)4-3-10-5-11(15)7-12(16)6-10/h3-7,9H,8H2,1-2H3,(H,19,20)/b4-3+. The molecule has 0 aliphatic rings. The zero-order valence-corrected chi connectivity index (χ0v) is 12.6. The van der Waals surface area contributed by atoms with Crippen LogP contribution in [0.4, 0.5) is 0 Å². The van der Waals surface area contributed by atoms with E-state index in [9.17, 15) is 9.59 Å². The molecular weight excluding hydrogens is 301 g/mol. The average Bonchev–Trinajstić information content (AvgIpc) is 2.31. The Morgan fingerprint density at radius 3 is 2.25 bits per heavy atom. The molecule has 1 aromatic carbocycles. The van der Waals surface area contributed by atoms with Gasteiger partial charge in [0.1, 0.15) is 6.54 Å². The van der Waals surface area contributed by atoms with Crippen molar-refractivity contribution in [3.8, 4) is 0 Å². The van der Waals surface area contributed by atoms with Crippen LogP contribution >= 0.6 is 23.2 Å². The number of carboxylic acid groups (broad SMARTS) is 1. The van der Waals surface area contributed by atoms with E-state index in [2.05, 4.69) is 0 Å². The number of hydrogen-bond acceptors (Lipinski definition) is 2. The Labute approximate surface area is 127 Å². The van der Waals surface area contributed by atoms with Crippen LogP contribution in [0.2, 0.25) is 10.0 Å². The molecule has 0 saturated heterocycles. The predicted octanol–water partition coefficient (Wildman–Crippen LogP) is 3.33. The van der Waals surface area contributed by atoms with Crippen LogP contribution in [0, 0.1) is 0 Å². The van der Waals surface area contributed by atoms with Crippen LogP contribution in [0.25, 0.3) is 6.08 Å². The van der Waals surface area contributed by atoms with E-state index in [1.165, 1.54) is 11.0 Å². The lowest BCUT2D eigenvalue weighted by Crippen LogP contribution is -2.39. The van der Waals surface area contributed by atoms with Crippen molar-refractivity contribution < 1.29 is 14.7 Å². The quantitative estimate of drug-likeness (QED) is 0.848. The fourth-order valence-electron chi connectivity index (χ4n) is 1.60. The maximum Gasteiger partial charge on any atom is 0.323 e. The van der Waals surface area contributed by atoms with E-state index in [0.29, 0.717) is 15.6 Å². The Hall–Kier alpha value is -1.52. The topological polar surface area (TPSA) is 57.6 Å². The molecule has 1 N–H and O–H groups in total. The highest BCUT2D eigenvalue weighted by Gasteiger charge is 2.17. The predicted molar refractivity (Wildman–Crippen MR) is 80.0 cm³/mol. The van der Waals surface area contributed by atoms with Gasteiger partial charge in [0.2, 0.25) is 5.91 Å². The van der Waals surface area contributed by atoms with Gasteiger partial charge in [0.15, 0.2) is 0 Å². The van der Waals surface area contributed by atoms with E-state index in [4.69, 9.17) is 28.3 Å². The summed E-state index contributed by atoms with van der Waals surface area (Å²) in [6.45, 7) is 3.17. The summed E-state index contributed by atoms with van der Waals surface area (Å²) in [5, 5.41) is 9.72. The molecule has 20 heavy (non-hydrogen) atoms. The van der Waals surface area contributed by atoms with Gasteiger partial charge in [-0.2, -0.15) is 0 Å². The number of halogens is 2. The second-order valence-electron chi connectivity index (χ2n) is 4.49. The molecule has 0 heterocycles. The molecule has 1 amide bonds. The number of carbonyl (C=O) groups excluding carboxylic acids is 1. The van der Waals surface area contributed by atoms with Crippen molar-refractivity contribution in [2.45, 2.75) is 19.9 Å². The van der Waals surface area contributed by atoms with E-state index in [1.54, 1.807) is 38.1 Å². The lowest BCUT2D eigenvalue weighted by Gasteiger charge is -2.23. The van der Waals surface area contributed by atoms with Gasteiger partial charge < -0.3 is 10.0 Å². The second kappa shape index (κ2) is 7.31. The number of rotatable bonds is 5. The van der Waals surface area contributed by atoms with Crippen molar-refractivity contribution in [1.82, 2.24) is 4.90 Å². The van der Waals surface area contributed by atoms with Crippen LogP contribution in [0.15, 0.2) is 24.3 Å². The van der Waals surface area contributed by atoms with Gasteiger partial charge in [-0.25, -0.2) is 0 Å². The summed E-state index contributed by atoms with van der Waals surface area (Å²) in [5.74, 6) is -1.43. The molecule has 0 spiro atoms. The van der Waals surface area contributed by atoms with Crippen LogP contribution < -0.4 is 0 Å². The normalized spacial score (nSPS) is 11.1. The SMILES string of the molecule is CC(C)N(CC(=O)O)C(=O)/C=C/c1cc(Cl)cc(Cl)c1. The Bertz CT molecular complexity index is 521. The van der Waals surface area contributed by atoms with Gasteiger partial charge in [0, 0.05) is 22.2 Å². The van der Waals surface area contributed by atoms with E-state index >= 15 is 0 Å². The number of hydrogen-bond donors (Lipinski definition) is 1. The van der Waals surface area contributed by atoms with E-state index in [1.807, 2.05) is 0 Å². The van der Waals surface area contributed by atoms with Crippen molar-refractivity contribution in [3.05, 3.63) is 39.9 Å². The minimum Gasteiger partial charge on any atom is -0.480 e. The molecule has 0 aliphatic heterocycles. The monoisotopic (exact) mass is 315 g/mol. The van der Waals surface area contributed by atoms with E-state index in [0.717, 1.165) is 0 Å². The lowest BCUT2D eigenvalue weighted by atomic mass is 10.2. The minimum absolute atomic E-state index is 0.203. The number of benzene rings is 1. The highest BCUT2D eigenvalue weighted by atomic mass is 35.5. The maximum absolute atomic E-state index is 12.0. The van der Waals surface area contributed by atoms with Gasteiger partial charge in [-0.05, 0) is 43.7 Å². The fourth-order valence-corrected chi connectivity index (χ4v) is 2.14. The maximum atomic E-state index is 12.0. The van der Waals surface area contributed by atoms with Crippen LogP contribution in [0.5, 0.6) is 0 Å². The molecule has 0 unspecified atom stereocenters. The Kier molecular flexibility index (Phi) is 6.05. The first-order valence-electron chi connectivity index (χ1n) is 5.96. The first-order chi connectivity index (χ1) is 9.29. The summed E-state index contributed by atoms with van der Waals surface area (Å²) in [7, 11) is 0. The molecular formula is C14H15Cl2NO3. The molecule has 108 valence electrons. The smallest absolute Gasteiger partial charge is 0.323 e. The summed E-state index contributed by atoms with van der Waals surface area (Å²) in [6, 6.07) is 4.71. The summed E-state index contributed by atoms with van der Waals surface area (Å²) in [6.07, 6.45) is 2.86. The van der Waals surface area contributed by atoms with Gasteiger partial charge in [-0.3, -0.25) is 9.59 Å². The first kappa shape index (κ1) is 16.5. The molecule has 4 nitrogen and oxygen atoms in total. The molecule has 0 fully saturated rings. The third-order valence-corrected chi connectivity index (χ3v) is 2.95. The molecule has 0 atom stereocenters. The van der Waals surface area contributed by atoms with Crippen LogP contribution in [-0.4, -0.2) is 34.5 Å². The number of aliphatic carboxylic acids is 1. The van der Waals surface area contributed by atoms with Gasteiger partial charge in [0.05, 0.1) is 0 Å². The molecule has 1 aromatic rings. The molecule has 0 bridgehead atoms. The zero-order chi connectivity index (χ0) is 15.3. The molecule has 0 saturated carbocycles. The molecule has 6 heteroatoms. The highest BCUT2D eigenvalue weighted by molar-refractivity contribution is 6.34. The summed E-state index contributed by atoms with van der Waals surface area (Å²) >= 11 is 11.7. The second-order valence-corrected chi connectivity index (χ2v) is 5.36. The summed E-state index contributed by atoms with van der Waals surface area (Å²) in [5.41, 5.74) is 0.676. The minimum atomic E-state index is -1.05. The van der Waals surface area contributed by atoms with Crippen molar-refractivity contribution in [1.29, 1.82) is 0 Å². The fraction of sp³-hybridized carbons (Fsp3) is 0.286. The highest BCUT2D eigenvalue weighted by Crippen LogP contribution is 2.20. The Morgan fingerprint density at radius 1 is 1.25 bits per heavy atom. The first-order valence-corrected chi connectivity index (χ1v) is 6.71. The van der Waals surface area contributed by atoms with Gasteiger partial charge in [-0.1, -0.05) is 23.2 Å².